The largest absolute Gasteiger partial charge is 0.371 e. The third-order valence-electron chi connectivity index (χ3n) is 5.24. The van der Waals surface area contributed by atoms with Crippen molar-refractivity contribution in [2.75, 3.05) is 23.7 Å². The standard InChI is InChI=1S/C18H28N2S/c1-2-21-18-9-5-8-17(16(18)12-19)20-11-10-14-6-3-4-7-15(14)13-20/h5,8-9,14-15H,2-4,6-7,10-13,19H2,1H3. The van der Waals surface area contributed by atoms with Crippen LogP contribution in [-0.2, 0) is 6.54 Å². The smallest absolute Gasteiger partial charge is 0.0423 e. The monoisotopic (exact) mass is 304 g/mol. The van der Waals surface area contributed by atoms with Crippen LogP contribution in [0, 0.1) is 11.8 Å². The Morgan fingerprint density at radius 2 is 2.00 bits per heavy atom. The number of rotatable bonds is 4. The van der Waals surface area contributed by atoms with Gasteiger partial charge in [0.2, 0.25) is 0 Å². The second-order valence-electron chi connectivity index (χ2n) is 6.43. The van der Waals surface area contributed by atoms with Crippen LogP contribution in [0.15, 0.2) is 23.1 Å². The quantitative estimate of drug-likeness (QED) is 0.842. The first kappa shape index (κ1) is 15.2. The molecular formula is C18H28N2S. The van der Waals surface area contributed by atoms with Gasteiger partial charge in [-0.05, 0) is 42.6 Å². The van der Waals surface area contributed by atoms with Crippen LogP contribution in [0.25, 0.3) is 0 Å². The molecule has 1 aromatic rings. The van der Waals surface area contributed by atoms with Gasteiger partial charge in [-0.3, -0.25) is 0 Å². The Morgan fingerprint density at radius 1 is 1.19 bits per heavy atom. The molecule has 1 aliphatic heterocycles. The molecule has 3 heteroatoms. The van der Waals surface area contributed by atoms with Gasteiger partial charge in [-0.25, -0.2) is 0 Å². The van der Waals surface area contributed by atoms with E-state index in [1.807, 2.05) is 11.8 Å². The SMILES string of the molecule is CCSc1cccc(N2CCC3CCCCC3C2)c1CN. The third-order valence-corrected chi connectivity index (χ3v) is 6.23. The number of hydrogen-bond acceptors (Lipinski definition) is 3. The van der Waals surface area contributed by atoms with E-state index < -0.39 is 0 Å². The highest BCUT2D eigenvalue weighted by molar-refractivity contribution is 7.99. The highest BCUT2D eigenvalue weighted by Gasteiger charge is 2.31. The molecule has 1 saturated carbocycles. The van der Waals surface area contributed by atoms with Crippen molar-refractivity contribution in [1.29, 1.82) is 0 Å². The maximum atomic E-state index is 6.08. The number of anilines is 1. The summed E-state index contributed by atoms with van der Waals surface area (Å²) in [6.07, 6.45) is 7.17. The van der Waals surface area contributed by atoms with Crippen LogP contribution >= 0.6 is 11.8 Å². The molecule has 1 aromatic carbocycles. The first-order chi connectivity index (χ1) is 10.3. The average Bonchev–Trinajstić information content (AvgIpc) is 2.54. The van der Waals surface area contributed by atoms with Crippen molar-refractivity contribution in [3.8, 4) is 0 Å². The Morgan fingerprint density at radius 3 is 2.76 bits per heavy atom. The molecule has 0 spiro atoms. The minimum atomic E-state index is 0.656. The van der Waals surface area contributed by atoms with Gasteiger partial charge in [0.25, 0.3) is 0 Å². The van der Waals surface area contributed by atoms with E-state index in [-0.39, 0.29) is 0 Å². The Hall–Kier alpha value is -0.670. The first-order valence-electron chi connectivity index (χ1n) is 8.53. The van der Waals surface area contributed by atoms with Crippen LogP contribution in [0.3, 0.4) is 0 Å². The van der Waals surface area contributed by atoms with Crippen molar-refractivity contribution in [3.63, 3.8) is 0 Å². The van der Waals surface area contributed by atoms with Crippen LogP contribution in [0.5, 0.6) is 0 Å². The lowest BCUT2D eigenvalue weighted by atomic mass is 9.75. The van der Waals surface area contributed by atoms with Crippen LogP contribution in [0.4, 0.5) is 5.69 Å². The predicted molar refractivity (Wildman–Crippen MR) is 93.0 cm³/mol. The summed E-state index contributed by atoms with van der Waals surface area (Å²) in [5.41, 5.74) is 8.84. The third kappa shape index (κ3) is 3.24. The molecule has 21 heavy (non-hydrogen) atoms. The van der Waals surface area contributed by atoms with Crippen LogP contribution in [-0.4, -0.2) is 18.8 Å². The Balaban J connectivity index is 1.81. The van der Waals surface area contributed by atoms with E-state index in [1.54, 1.807) is 0 Å². The van der Waals surface area contributed by atoms with Gasteiger partial charge in [0.05, 0.1) is 0 Å². The van der Waals surface area contributed by atoms with Gasteiger partial charge in [-0.15, -0.1) is 11.8 Å². The molecule has 1 saturated heterocycles. The highest BCUT2D eigenvalue weighted by Crippen LogP contribution is 2.39. The molecule has 3 rings (SSSR count). The summed E-state index contributed by atoms with van der Waals surface area (Å²) in [5.74, 6) is 3.02. The van der Waals surface area contributed by atoms with E-state index in [0.717, 1.165) is 17.6 Å². The van der Waals surface area contributed by atoms with Gasteiger partial charge in [-0.2, -0.15) is 0 Å². The summed E-state index contributed by atoms with van der Waals surface area (Å²) in [6, 6.07) is 6.72. The maximum absolute atomic E-state index is 6.08. The number of benzene rings is 1. The molecule has 2 atom stereocenters. The summed E-state index contributed by atoms with van der Waals surface area (Å²) in [7, 11) is 0. The predicted octanol–water partition coefficient (Wildman–Crippen LogP) is 4.27. The van der Waals surface area contributed by atoms with Crippen molar-refractivity contribution in [3.05, 3.63) is 23.8 Å². The molecule has 0 bridgehead atoms. The van der Waals surface area contributed by atoms with Crippen molar-refractivity contribution in [2.24, 2.45) is 17.6 Å². The lowest BCUT2D eigenvalue weighted by molar-refractivity contribution is 0.202. The molecule has 0 aromatic heterocycles. The molecule has 2 aliphatic rings. The van der Waals surface area contributed by atoms with Crippen molar-refractivity contribution in [2.45, 2.75) is 50.5 Å². The Labute approximate surface area is 133 Å². The molecule has 2 fully saturated rings. The minimum Gasteiger partial charge on any atom is -0.371 e. The van der Waals surface area contributed by atoms with Crippen molar-refractivity contribution < 1.29 is 0 Å². The van der Waals surface area contributed by atoms with E-state index in [4.69, 9.17) is 5.73 Å². The van der Waals surface area contributed by atoms with E-state index in [0.29, 0.717) is 6.54 Å². The van der Waals surface area contributed by atoms with Gasteiger partial charge in [0.1, 0.15) is 0 Å². The lowest BCUT2D eigenvalue weighted by Gasteiger charge is -2.43. The molecule has 0 radical (unpaired) electrons. The highest BCUT2D eigenvalue weighted by atomic mass is 32.2. The Bertz CT molecular complexity index is 474. The molecule has 2 nitrogen and oxygen atoms in total. The summed E-state index contributed by atoms with van der Waals surface area (Å²) in [5, 5.41) is 0. The van der Waals surface area contributed by atoms with E-state index in [2.05, 4.69) is 30.0 Å². The van der Waals surface area contributed by atoms with Gasteiger partial charge < -0.3 is 10.6 Å². The topological polar surface area (TPSA) is 29.3 Å². The minimum absolute atomic E-state index is 0.656. The summed E-state index contributed by atoms with van der Waals surface area (Å²) in [6.45, 7) is 5.33. The zero-order chi connectivity index (χ0) is 14.7. The average molecular weight is 305 g/mol. The molecular weight excluding hydrogens is 276 g/mol. The number of piperidine rings is 1. The second-order valence-corrected chi connectivity index (χ2v) is 7.74. The molecule has 2 N–H and O–H groups in total. The molecule has 116 valence electrons. The van der Waals surface area contributed by atoms with Gasteiger partial charge in [0, 0.05) is 35.8 Å². The number of nitrogens with zero attached hydrogens (tertiary/aromatic N) is 1. The lowest BCUT2D eigenvalue weighted by Crippen LogP contribution is -2.42. The fourth-order valence-corrected chi connectivity index (χ4v) is 5.01. The summed E-state index contributed by atoms with van der Waals surface area (Å²) >= 11 is 1.92. The van der Waals surface area contributed by atoms with Crippen molar-refractivity contribution in [1.82, 2.24) is 0 Å². The fraction of sp³-hybridized carbons (Fsp3) is 0.667. The number of fused-ring (bicyclic) bond motifs is 1. The summed E-state index contributed by atoms with van der Waals surface area (Å²) < 4.78 is 0. The molecule has 1 aliphatic carbocycles. The van der Waals surface area contributed by atoms with Crippen LogP contribution < -0.4 is 10.6 Å². The van der Waals surface area contributed by atoms with Gasteiger partial charge >= 0.3 is 0 Å². The number of thioether (sulfide) groups is 1. The summed E-state index contributed by atoms with van der Waals surface area (Å²) in [4.78, 5) is 4.00. The van der Waals surface area contributed by atoms with E-state index >= 15 is 0 Å². The molecule has 0 amide bonds. The van der Waals surface area contributed by atoms with E-state index in [9.17, 15) is 0 Å². The first-order valence-corrected chi connectivity index (χ1v) is 9.51. The van der Waals surface area contributed by atoms with E-state index in [1.165, 1.54) is 61.3 Å². The Kier molecular flexibility index (Phi) is 5.12. The zero-order valence-corrected chi connectivity index (χ0v) is 14.0. The van der Waals surface area contributed by atoms with Gasteiger partial charge in [0.15, 0.2) is 0 Å². The number of hydrogen-bond donors (Lipinski definition) is 1. The molecule has 2 unspecified atom stereocenters. The molecule has 1 heterocycles. The normalized spacial score (nSPS) is 25.7. The van der Waals surface area contributed by atoms with Crippen molar-refractivity contribution >= 4 is 17.4 Å². The second kappa shape index (κ2) is 7.06. The maximum Gasteiger partial charge on any atom is 0.0423 e. The fourth-order valence-electron chi connectivity index (χ4n) is 4.17. The van der Waals surface area contributed by atoms with Gasteiger partial charge in [-0.1, -0.05) is 32.3 Å². The van der Waals surface area contributed by atoms with Crippen LogP contribution in [0.2, 0.25) is 0 Å². The van der Waals surface area contributed by atoms with Crippen LogP contribution in [0.1, 0.15) is 44.6 Å². The number of nitrogens with two attached hydrogens (primary N) is 1. The zero-order valence-electron chi connectivity index (χ0n) is 13.2.